The summed E-state index contributed by atoms with van der Waals surface area (Å²) < 4.78 is 18.7. The van der Waals surface area contributed by atoms with Crippen LogP contribution in [-0.2, 0) is 4.79 Å². The Morgan fingerprint density at radius 2 is 2.00 bits per heavy atom. The predicted molar refractivity (Wildman–Crippen MR) is 87.0 cm³/mol. The van der Waals surface area contributed by atoms with Gasteiger partial charge in [-0.1, -0.05) is 0 Å². The molecular formula is C17H17FN2O2S. The number of ether oxygens (including phenoxy) is 1. The summed E-state index contributed by atoms with van der Waals surface area (Å²) in [5.41, 5.74) is 0. The maximum Gasteiger partial charge on any atom is 0.233 e. The number of likely N-dealkylation sites (tertiary alicyclic amines) is 1. The third-order valence-corrected chi connectivity index (χ3v) is 4.62. The van der Waals surface area contributed by atoms with Crippen molar-refractivity contribution < 1.29 is 13.9 Å². The molecule has 1 fully saturated rings. The maximum absolute atomic E-state index is 12.9. The second-order valence-electron chi connectivity index (χ2n) is 5.29. The molecule has 0 bridgehead atoms. The van der Waals surface area contributed by atoms with Crippen molar-refractivity contribution in [2.45, 2.75) is 17.4 Å². The Labute approximate surface area is 138 Å². The van der Waals surface area contributed by atoms with Gasteiger partial charge in [0.25, 0.3) is 0 Å². The number of rotatable bonds is 5. The molecule has 0 spiro atoms. The van der Waals surface area contributed by atoms with E-state index in [0.717, 1.165) is 17.1 Å². The van der Waals surface area contributed by atoms with Crippen molar-refractivity contribution in [3.8, 4) is 5.75 Å². The number of pyridine rings is 1. The second kappa shape index (κ2) is 7.46. The van der Waals surface area contributed by atoms with E-state index in [4.69, 9.17) is 4.74 Å². The van der Waals surface area contributed by atoms with Crippen LogP contribution < -0.4 is 4.74 Å². The van der Waals surface area contributed by atoms with Gasteiger partial charge in [0.05, 0.1) is 12.3 Å². The van der Waals surface area contributed by atoms with E-state index in [2.05, 4.69) is 4.98 Å². The van der Waals surface area contributed by atoms with Crippen molar-refractivity contribution in [3.63, 3.8) is 0 Å². The minimum absolute atomic E-state index is 0.0252. The number of hydrogen-bond acceptors (Lipinski definition) is 4. The van der Waals surface area contributed by atoms with E-state index in [1.54, 1.807) is 24.5 Å². The molecule has 4 nitrogen and oxygen atoms in total. The molecule has 1 unspecified atom stereocenters. The largest absolute Gasteiger partial charge is 0.488 e. The van der Waals surface area contributed by atoms with Crippen LogP contribution in [0.5, 0.6) is 5.75 Å². The molecule has 23 heavy (non-hydrogen) atoms. The molecule has 1 aromatic carbocycles. The molecule has 1 atom stereocenters. The van der Waals surface area contributed by atoms with Crippen molar-refractivity contribution in [1.82, 2.24) is 9.88 Å². The molecule has 0 saturated carbocycles. The maximum atomic E-state index is 12.9. The molecule has 0 radical (unpaired) electrons. The summed E-state index contributed by atoms with van der Waals surface area (Å²) in [6.45, 7) is 1.31. The minimum Gasteiger partial charge on any atom is -0.488 e. The van der Waals surface area contributed by atoms with Crippen molar-refractivity contribution in [1.29, 1.82) is 0 Å². The highest BCUT2D eigenvalue weighted by atomic mass is 32.2. The lowest BCUT2D eigenvalue weighted by molar-refractivity contribution is -0.127. The molecule has 3 rings (SSSR count). The number of amides is 1. The van der Waals surface area contributed by atoms with Crippen LogP contribution in [0.2, 0.25) is 0 Å². The average molecular weight is 332 g/mol. The van der Waals surface area contributed by atoms with Gasteiger partial charge < -0.3 is 9.64 Å². The molecule has 0 aliphatic carbocycles. The van der Waals surface area contributed by atoms with Crippen LogP contribution in [-0.4, -0.2) is 40.7 Å². The second-order valence-corrected chi connectivity index (χ2v) is 6.34. The molecule has 1 amide bonds. The number of nitrogens with zero attached hydrogens (tertiary/aromatic N) is 2. The summed E-state index contributed by atoms with van der Waals surface area (Å²) in [6, 6.07) is 9.81. The highest BCUT2D eigenvalue weighted by Crippen LogP contribution is 2.21. The monoisotopic (exact) mass is 332 g/mol. The molecule has 1 aromatic heterocycles. The van der Waals surface area contributed by atoms with Crippen molar-refractivity contribution >= 4 is 17.7 Å². The standard InChI is InChI=1S/C17H17FN2O2S/c18-13-1-3-16(4-2-13)23-12-17(21)20-10-7-15(11-20)22-14-5-8-19-9-6-14/h1-6,8-9,15H,7,10-12H2. The number of carbonyl (C=O) groups is 1. The summed E-state index contributed by atoms with van der Waals surface area (Å²) in [7, 11) is 0. The molecule has 2 heterocycles. The van der Waals surface area contributed by atoms with Crippen LogP contribution in [0.25, 0.3) is 0 Å². The first-order valence-electron chi connectivity index (χ1n) is 7.43. The van der Waals surface area contributed by atoms with Crippen LogP contribution in [0, 0.1) is 5.82 Å². The molecule has 120 valence electrons. The molecule has 1 saturated heterocycles. The molecule has 6 heteroatoms. The first-order valence-corrected chi connectivity index (χ1v) is 8.42. The Kier molecular flexibility index (Phi) is 5.12. The number of thioether (sulfide) groups is 1. The van der Waals surface area contributed by atoms with E-state index < -0.39 is 0 Å². The third kappa shape index (κ3) is 4.45. The van der Waals surface area contributed by atoms with Gasteiger partial charge in [-0.2, -0.15) is 0 Å². The normalized spacial score (nSPS) is 17.3. The Morgan fingerprint density at radius 1 is 1.26 bits per heavy atom. The first-order chi connectivity index (χ1) is 11.2. The van der Waals surface area contributed by atoms with Gasteiger partial charge in [0.1, 0.15) is 17.7 Å². The van der Waals surface area contributed by atoms with Gasteiger partial charge in [0, 0.05) is 30.3 Å². The Balaban J connectivity index is 1.46. The molecule has 1 aliphatic heterocycles. The van der Waals surface area contributed by atoms with Gasteiger partial charge in [-0.3, -0.25) is 9.78 Å². The molecule has 0 N–H and O–H groups in total. The Morgan fingerprint density at radius 3 is 2.74 bits per heavy atom. The van der Waals surface area contributed by atoms with E-state index in [-0.39, 0.29) is 17.8 Å². The Hall–Kier alpha value is -2.08. The highest BCUT2D eigenvalue weighted by Gasteiger charge is 2.27. The predicted octanol–water partition coefficient (Wildman–Crippen LogP) is 2.99. The van der Waals surface area contributed by atoms with Gasteiger partial charge in [-0.15, -0.1) is 11.8 Å². The fourth-order valence-corrected chi connectivity index (χ4v) is 3.23. The van der Waals surface area contributed by atoms with Crippen LogP contribution in [0.15, 0.2) is 53.7 Å². The third-order valence-electron chi connectivity index (χ3n) is 3.63. The highest BCUT2D eigenvalue weighted by molar-refractivity contribution is 8.00. The van der Waals surface area contributed by atoms with E-state index >= 15 is 0 Å². The fourth-order valence-electron chi connectivity index (χ4n) is 2.43. The van der Waals surface area contributed by atoms with Crippen molar-refractivity contribution in [2.24, 2.45) is 0 Å². The van der Waals surface area contributed by atoms with Gasteiger partial charge >= 0.3 is 0 Å². The smallest absolute Gasteiger partial charge is 0.233 e. The number of carbonyl (C=O) groups excluding carboxylic acids is 1. The van der Waals surface area contributed by atoms with Crippen molar-refractivity contribution in [3.05, 3.63) is 54.6 Å². The zero-order valence-electron chi connectivity index (χ0n) is 12.5. The summed E-state index contributed by atoms with van der Waals surface area (Å²) in [5.74, 6) is 0.949. The van der Waals surface area contributed by atoms with Crippen LogP contribution in [0.4, 0.5) is 4.39 Å². The van der Waals surface area contributed by atoms with Gasteiger partial charge in [-0.25, -0.2) is 4.39 Å². The summed E-state index contributed by atoms with van der Waals surface area (Å²) in [5, 5.41) is 0. The van der Waals surface area contributed by atoms with E-state index in [0.29, 0.717) is 18.8 Å². The van der Waals surface area contributed by atoms with E-state index in [9.17, 15) is 9.18 Å². The van der Waals surface area contributed by atoms with Crippen LogP contribution in [0.1, 0.15) is 6.42 Å². The van der Waals surface area contributed by atoms with Crippen molar-refractivity contribution in [2.75, 3.05) is 18.8 Å². The number of benzene rings is 1. The lowest BCUT2D eigenvalue weighted by atomic mass is 10.3. The summed E-state index contributed by atoms with van der Waals surface area (Å²) >= 11 is 1.42. The SMILES string of the molecule is O=C(CSc1ccc(F)cc1)N1CCC(Oc2ccncc2)C1. The quantitative estimate of drug-likeness (QED) is 0.790. The number of aromatic nitrogens is 1. The number of halogens is 1. The van der Waals surface area contributed by atoms with Gasteiger partial charge in [0.2, 0.25) is 5.91 Å². The summed E-state index contributed by atoms with van der Waals surface area (Å²) in [6.07, 6.45) is 4.23. The Bertz CT molecular complexity index is 651. The summed E-state index contributed by atoms with van der Waals surface area (Å²) in [4.78, 5) is 18.9. The lowest BCUT2D eigenvalue weighted by Gasteiger charge is -2.17. The lowest BCUT2D eigenvalue weighted by Crippen LogP contribution is -2.32. The molecular weight excluding hydrogens is 315 g/mol. The topological polar surface area (TPSA) is 42.4 Å². The van der Waals surface area contributed by atoms with E-state index in [1.807, 2.05) is 17.0 Å². The van der Waals surface area contributed by atoms with E-state index in [1.165, 1.54) is 23.9 Å². The van der Waals surface area contributed by atoms with Crippen LogP contribution >= 0.6 is 11.8 Å². The van der Waals surface area contributed by atoms with Gasteiger partial charge in [-0.05, 0) is 36.4 Å². The molecule has 1 aliphatic rings. The zero-order chi connectivity index (χ0) is 16.1. The minimum atomic E-state index is -0.267. The van der Waals surface area contributed by atoms with Crippen LogP contribution in [0.3, 0.4) is 0 Å². The number of hydrogen-bond donors (Lipinski definition) is 0. The average Bonchev–Trinajstić information content (AvgIpc) is 3.03. The first kappa shape index (κ1) is 15.8. The molecule has 2 aromatic rings. The zero-order valence-corrected chi connectivity index (χ0v) is 13.3. The van der Waals surface area contributed by atoms with Gasteiger partial charge in [0.15, 0.2) is 0 Å². The fraction of sp³-hybridized carbons (Fsp3) is 0.294.